The molecule has 0 aromatic heterocycles. The fourth-order valence-corrected chi connectivity index (χ4v) is 2.82. The van der Waals surface area contributed by atoms with Gasteiger partial charge >= 0.3 is 0 Å². The Morgan fingerprint density at radius 2 is 1.96 bits per heavy atom. The minimum atomic E-state index is -0.180. The minimum Gasteiger partial charge on any atom is -0.507 e. The fourth-order valence-electron chi connectivity index (χ4n) is 2.82. The molecule has 0 radical (unpaired) electrons. The highest BCUT2D eigenvalue weighted by Crippen LogP contribution is 2.22. The molecule has 128 valence electrons. The molecule has 0 aliphatic carbocycles. The van der Waals surface area contributed by atoms with Crippen molar-refractivity contribution in [1.82, 2.24) is 5.32 Å². The van der Waals surface area contributed by atoms with Crippen LogP contribution in [0.25, 0.3) is 6.08 Å². The lowest BCUT2D eigenvalue weighted by Crippen LogP contribution is -2.08. The van der Waals surface area contributed by atoms with E-state index < -0.39 is 0 Å². The number of hydrogen-bond acceptors (Lipinski definition) is 4. The predicted molar refractivity (Wildman–Crippen MR) is 98.7 cm³/mol. The highest BCUT2D eigenvalue weighted by Gasteiger charge is 2.18. The van der Waals surface area contributed by atoms with Crippen LogP contribution in [-0.4, -0.2) is 24.5 Å². The molecular formula is C21H21NO3. The van der Waals surface area contributed by atoms with Crippen molar-refractivity contribution in [1.29, 1.82) is 0 Å². The topological polar surface area (TPSA) is 58.6 Å². The molecule has 1 unspecified atom stereocenters. The van der Waals surface area contributed by atoms with Crippen molar-refractivity contribution >= 4 is 11.9 Å². The van der Waals surface area contributed by atoms with E-state index in [1.807, 2.05) is 24.3 Å². The second-order valence-corrected chi connectivity index (χ2v) is 6.03. The van der Waals surface area contributed by atoms with E-state index in [9.17, 15) is 9.90 Å². The summed E-state index contributed by atoms with van der Waals surface area (Å²) in [6.07, 6.45) is 6.60. The molecule has 0 saturated carbocycles. The van der Waals surface area contributed by atoms with Crippen LogP contribution in [0.15, 0.2) is 66.4 Å². The quantitative estimate of drug-likeness (QED) is 0.645. The first-order valence-corrected chi connectivity index (χ1v) is 8.25. The number of allylic oxidation sites excluding steroid dienone is 2. The van der Waals surface area contributed by atoms with E-state index in [1.165, 1.54) is 6.07 Å². The zero-order valence-electron chi connectivity index (χ0n) is 14.1. The van der Waals surface area contributed by atoms with Crippen molar-refractivity contribution in [2.24, 2.45) is 5.92 Å². The molecule has 1 aliphatic rings. The number of carbonyl (C=O) groups excluding carboxylic acids is 1. The van der Waals surface area contributed by atoms with Crippen LogP contribution in [0.4, 0.5) is 0 Å². The molecule has 1 fully saturated rings. The number of methoxy groups -OCH3 is 1. The highest BCUT2D eigenvalue weighted by molar-refractivity contribution is 6.06. The van der Waals surface area contributed by atoms with Crippen molar-refractivity contribution in [2.75, 3.05) is 13.7 Å². The van der Waals surface area contributed by atoms with Gasteiger partial charge < -0.3 is 15.2 Å². The highest BCUT2D eigenvalue weighted by atomic mass is 16.5. The monoisotopic (exact) mass is 335 g/mol. The van der Waals surface area contributed by atoms with Gasteiger partial charge in [0, 0.05) is 18.3 Å². The first-order chi connectivity index (χ1) is 12.2. The molecule has 2 aromatic carbocycles. The molecule has 4 heteroatoms. The number of ketones is 1. The SMILES string of the molecule is COc1ccc(/C=C/C2CN/C(=C\C(=O)c3ccccc3O)C2)cc1. The summed E-state index contributed by atoms with van der Waals surface area (Å²) in [6.45, 7) is 0.798. The normalized spacial score (nSPS) is 18.4. The lowest BCUT2D eigenvalue weighted by atomic mass is 10.0. The third-order valence-corrected chi connectivity index (χ3v) is 4.22. The number of rotatable bonds is 5. The van der Waals surface area contributed by atoms with Gasteiger partial charge in [0.05, 0.1) is 12.7 Å². The van der Waals surface area contributed by atoms with E-state index in [2.05, 4.69) is 17.5 Å². The smallest absolute Gasteiger partial charge is 0.191 e. The van der Waals surface area contributed by atoms with Crippen molar-refractivity contribution < 1.29 is 14.6 Å². The Kier molecular flexibility index (Phi) is 5.19. The van der Waals surface area contributed by atoms with Crippen LogP contribution < -0.4 is 10.1 Å². The summed E-state index contributed by atoms with van der Waals surface area (Å²) in [4.78, 5) is 12.3. The zero-order valence-corrected chi connectivity index (χ0v) is 14.1. The molecule has 1 atom stereocenters. The number of phenols is 1. The van der Waals surface area contributed by atoms with Gasteiger partial charge in [-0.1, -0.05) is 36.4 Å². The number of phenolic OH excluding ortho intramolecular Hbond substituents is 1. The molecule has 2 aromatic rings. The Labute approximate surface area is 147 Å². The van der Waals surface area contributed by atoms with Crippen LogP contribution >= 0.6 is 0 Å². The van der Waals surface area contributed by atoms with Gasteiger partial charge in [0.15, 0.2) is 5.78 Å². The van der Waals surface area contributed by atoms with Crippen LogP contribution in [0.5, 0.6) is 11.5 Å². The molecule has 3 rings (SSSR count). The molecular weight excluding hydrogens is 314 g/mol. The molecule has 1 aliphatic heterocycles. The van der Waals surface area contributed by atoms with E-state index in [0.29, 0.717) is 11.5 Å². The summed E-state index contributed by atoms with van der Waals surface area (Å²) in [7, 11) is 1.65. The van der Waals surface area contributed by atoms with Gasteiger partial charge in [-0.25, -0.2) is 0 Å². The molecule has 2 N–H and O–H groups in total. The lowest BCUT2D eigenvalue weighted by molar-refractivity contribution is 0.104. The second-order valence-electron chi connectivity index (χ2n) is 6.03. The molecule has 4 nitrogen and oxygen atoms in total. The Balaban J connectivity index is 1.62. The van der Waals surface area contributed by atoms with Gasteiger partial charge in [0.25, 0.3) is 0 Å². The lowest BCUT2D eigenvalue weighted by Gasteiger charge is -2.02. The number of hydrogen-bond donors (Lipinski definition) is 2. The summed E-state index contributed by atoms with van der Waals surface area (Å²) in [6, 6.07) is 14.5. The summed E-state index contributed by atoms with van der Waals surface area (Å²) in [5, 5.41) is 13.0. The summed E-state index contributed by atoms with van der Waals surface area (Å²) in [5.74, 6) is 1.01. The molecule has 25 heavy (non-hydrogen) atoms. The number of nitrogens with one attached hydrogen (secondary N) is 1. The largest absolute Gasteiger partial charge is 0.507 e. The Bertz CT molecular complexity index is 806. The van der Waals surface area contributed by atoms with E-state index in [0.717, 1.165) is 30.0 Å². The number of aromatic hydroxyl groups is 1. The van der Waals surface area contributed by atoms with Crippen LogP contribution in [-0.2, 0) is 0 Å². The van der Waals surface area contributed by atoms with E-state index >= 15 is 0 Å². The molecule has 0 amide bonds. The van der Waals surface area contributed by atoms with Gasteiger partial charge in [-0.15, -0.1) is 0 Å². The number of benzene rings is 2. The first-order valence-electron chi connectivity index (χ1n) is 8.25. The van der Waals surface area contributed by atoms with Crippen LogP contribution in [0.2, 0.25) is 0 Å². The summed E-state index contributed by atoms with van der Waals surface area (Å²) in [5.41, 5.74) is 2.34. The third-order valence-electron chi connectivity index (χ3n) is 4.22. The Hall–Kier alpha value is -3.01. The van der Waals surface area contributed by atoms with Crippen molar-refractivity contribution in [2.45, 2.75) is 6.42 Å². The molecule has 1 saturated heterocycles. The van der Waals surface area contributed by atoms with Crippen LogP contribution in [0.3, 0.4) is 0 Å². The van der Waals surface area contributed by atoms with Gasteiger partial charge in [-0.05, 0) is 42.2 Å². The average Bonchev–Trinajstić information content (AvgIpc) is 3.08. The van der Waals surface area contributed by atoms with E-state index in [-0.39, 0.29) is 11.5 Å². The first kappa shape index (κ1) is 16.8. The number of carbonyl (C=O) groups is 1. The maximum Gasteiger partial charge on any atom is 0.191 e. The van der Waals surface area contributed by atoms with Gasteiger partial charge in [-0.2, -0.15) is 0 Å². The van der Waals surface area contributed by atoms with Crippen LogP contribution in [0, 0.1) is 5.92 Å². The third kappa shape index (κ3) is 4.29. The molecule has 1 heterocycles. The van der Waals surface area contributed by atoms with Gasteiger partial charge in [0.2, 0.25) is 0 Å². The standard InChI is InChI=1S/C21H21NO3/c1-25-18-10-8-15(9-11-18)6-7-16-12-17(22-14-16)13-21(24)19-4-2-3-5-20(19)23/h2-11,13,16,22-23H,12,14H2,1H3/b7-6+,17-13-. The predicted octanol–water partition coefficient (Wildman–Crippen LogP) is 3.79. The Morgan fingerprint density at radius 1 is 1.20 bits per heavy atom. The van der Waals surface area contributed by atoms with Gasteiger partial charge in [-0.3, -0.25) is 4.79 Å². The maximum absolute atomic E-state index is 12.3. The number of ether oxygens (including phenoxy) is 1. The maximum atomic E-state index is 12.3. The number of para-hydroxylation sites is 1. The van der Waals surface area contributed by atoms with E-state index in [4.69, 9.17) is 4.74 Å². The van der Waals surface area contributed by atoms with Crippen molar-refractivity contribution in [3.8, 4) is 11.5 Å². The Morgan fingerprint density at radius 3 is 2.68 bits per heavy atom. The van der Waals surface area contributed by atoms with Crippen molar-refractivity contribution in [3.63, 3.8) is 0 Å². The van der Waals surface area contributed by atoms with Crippen molar-refractivity contribution in [3.05, 3.63) is 77.5 Å². The zero-order chi connectivity index (χ0) is 17.6. The van der Waals surface area contributed by atoms with E-state index in [1.54, 1.807) is 31.4 Å². The summed E-state index contributed by atoms with van der Waals surface area (Å²) >= 11 is 0. The fraction of sp³-hybridized carbons (Fsp3) is 0.190. The van der Waals surface area contributed by atoms with Crippen LogP contribution in [0.1, 0.15) is 22.3 Å². The second kappa shape index (κ2) is 7.71. The average molecular weight is 335 g/mol. The molecule has 0 spiro atoms. The minimum absolute atomic E-state index is 0.0123. The van der Waals surface area contributed by atoms with Gasteiger partial charge in [0.1, 0.15) is 11.5 Å². The molecule has 0 bridgehead atoms. The summed E-state index contributed by atoms with van der Waals surface area (Å²) < 4.78 is 5.15.